The molecule has 0 saturated carbocycles. The number of hydrazine groups is 1. The van der Waals surface area contributed by atoms with E-state index in [1.165, 1.54) is 24.3 Å². The number of carbonyl (C=O) groups is 1. The molecule has 1 amide bonds. The van der Waals surface area contributed by atoms with Gasteiger partial charge in [-0.25, -0.2) is 13.4 Å². The third-order valence-corrected chi connectivity index (χ3v) is 4.51. The summed E-state index contributed by atoms with van der Waals surface area (Å²) in [5.41, 5.74) is 2.59. The van der Waals surface area contributed by atoms with Crippen LogP contribution in [0, 0.1) is 5.92 Å². The number of hydrogen-bond acceptors (Lipinski definition) is 5. The fourth-order valence-electron chi connectivity index (χ4n) is 1.99. The van der Waals surface area contributed by atoms with Gasteiger partial charge in [-0.05, 0) is 36.6 Å². The molecule has 8 heteroatoms. The molecule has 1 rings (SSSR count). The van der Waals surface area contributed by atoms with Crippen LogP contribution in [0.4, 0.5) is 0 Å². The highest BCUT2D eigenvalue weighted by Gasteiger charge is 2.26. The monoisotopic (exact) mass is 343 g/mol. The molecule has 0 aliphatic rings. The van der Waals surface area contributed by atoms with Gasteiger partial charge in [0.2, 0.25) is 10.0 Å². The summed E-state index contributed by atoms with van der Waals surface area (Å²) >= 11 is 0. The highest BCUT2D eigenvalue weighted by molar-refractivity contribution is 7.89. The van der Waals surface area contributed by atoms with Crippen molar-refractivity contribution in [1.82, 2.24) is 15.2 Å². The molecule has 1 aromatic carbocycles. The van der Waals surface area contributed by atoms with E-state index in [4.69, 9.17) is 4.74 Å². The van der Waals surface area contributed by atoms with Crippen LogP contribution in [0.2, 0.25) is 0 Å². The van der Waals surface area contributed by atoms with Gasteiger partial charge in [-0.1, -0.05) is 13.8 Å². The minimum atomic E-state index is -3.80. The molecule has 0 saturated heterocycles. The van der Waals surface area contributed by atoms with Gasteiger partial charge in [0.1, 0.15) is 11.8 Å². The Morgan fingerprint density at radius 1 is 1.22 bits per heavy atom. The number of amides is 1. The van der Waals surface area contributed by atoms with Crippen molar-refractivity contribution in [1.29, 1.82) is 0 Å². The van der Waals surface area contributed by atoms with E-state index >= 15 is 0 Å². The summed E-state index contributed by atoms with van der Waals surface area (Å²) in [4.78, 5) is 12.3. The van der Waals surface area contributed by atoms with Crippen LogP contribution in [-0.4, -0.2) is 46.6 Å². The number of carbonyl (C=O) groups excluding carboxylic acids is 1. The van der Waals surface area contributed by atoms with Gasteiger partial charge in [-0.2, -0.15) is 4.72 Å². The minimum Gasteiger partial charge on any atom is -0.497 e. The number of benzene rings is 1. The summed E-state index contributed by atoms with van der Waals surface area (Å²) in [5.74, 6) is 0.334. The van der Waals surface area contributed by atoms with Crippen LogP contribution in [-0.2, 0) is 14.8 Å². The molecule has 0 unspecified atom stereocenters. The van der Waals surface area contributed by atoms with Crippen LogP contribution in [0.3, 0.4) is 0 Å². The predicted molar refractivity (Wildman–Crippen MR) is 88.4 cm³/mol. The van der Waals surface area contributed by atoms with Gasteiger partial charge in [-0.3, -0.25) is 10.2 Å². The molecule has 7 nitrogen and oxygen atoms in total. The SMILES string of the molecule is COc1ccc(S(=O)(=O)N[C@@H](CC(C)C)C(=O)NN(C)C)cc1. The maximum Gasteiger partial charge on any atom is 0.252 e. The summed E-state index contributed by atoms with van der Waals surface area (Å²) in [6, 6.07) is 5.16. The van der Waals surface area contributed by atoms with Gasteiger partial charge in [0.05, 0.1) is 12.0 Å². The lowest BCUT2D eigenvalue weighted by Crippen LogP contribution is -2.50. The Morgan fingerprint density at radius 3 is 2.22 bits per heavy atom. The van der Waals surface area contributed by atoms with Gasteiger partial charge in [0, 0.05) is 14.1 Å². The molecular formula is C15H25N3O4S. The van der Waals surface area contributed by atoms with Crippen molar-refractivity contribution in [2.75, 3.05) is 21.2 Å². The smallest absolute Gasteiger partial charge is 0.252 e. The van der Waals surface area contributed by atoms with E-state index in [9.17, 15) is 13.2 Å². The Labute approximate surface area is 138 Å². The van der Waals surface area contributed by atoms with E-state index in [0.717, 1.165) is 0 Å². The van der Waals surface area contributed by atoms with E-state index in [2.05, 4.69) is 10.1 Å². The molecule has 1 aromatic rings. The van der Waals surface area contributed by atoms with Crippen LogP contribution in [0.5, 0.6) is 5.75 Å². The van der Waals surface area contributed by atoms with E-state index in [1.54, 1.807) is 26.2 Å². The zero-order chi connectivity index (χ0) is 17.6. The predicted octanol–water partition coefficient (Wildman–Crippen LogP) is 0.981. The molecule has 1 atom stereocenters. The molecule has 0 radical (unpaired) electrons. The fourth-order valence-corrected chi connectivity index (χ4v) is 3.20. The standard InChI is InChI=1S/C15H25N3O4S/c1-11(2)10-14(15(19)16-18(3)4)17-23(20,21)13-8-6-12(22-5)7-9-13/h6-9,11,14,17H,10H2,1-5H3,(H,16,19)/t14-/m0/s1. The second-order valence-electron chi connectivity index (χ2n) is 5.85. The van der Waals surface area contributed by atoms with Gasteiger partial charge in [0.25, 0.3) is 5.91 Å². The lowest BCUT2D eigenvalue weighted by molar-refractivity contribution is -0.126. The van der Waals surface area contributed by atoms with E-state index in [-0.39, 0.29) is 16.7 Å². The normalized spacial score (nSPS) is 13.2. The summed E-state index contributed by atoms with van der Waals surface area (Å²) < 4.78 is 32.4. The van der Waals surface area contributed by atoms with Gasteiger partial charge < -0.3 is 4.74 Å². The van der Waals surface area contributed by atoms with Crippen LogP contribution < -0.4 is 14.9 Å². The van der Waals surface area contributed by atoms with Crippen molar-refractivity contribution >= 4 is 15.9 Å². The highest BCUT2D eigenvalue weighted by atomic mass is 32.2. The van der Waals surface area contributed by atoms with Crippen LogP contribution in [0.25, 0.3) is 0 Å². The first-order chi connectivity index (χ1) is 10.7. The maximum atomic E-state index is 12.5. The van der Waals surface area contributed by atoms with Crippen molar-refractivity contribution in [2.45, 2.75) is 31.2 Å². The van der Waals surface area contributed by atoms with Crippen molar-refractivity contribution in [3.8, 4) is 5.75 Å². The largest absolute Gasteiger partial charge is 0.497 e. The van der Waals surface area contributed by atoms with Crippen molar-refractivity contribution in [3.63, 3.8) is 0 Å². The molecule has 130 valence electrons. The van der Waals surface area contributed by atoms with Crippen LogP contribution in [0.15, 0.2) is 29.2 Å². The number of nitrogens with zero attached hydrogens (tertiary/aromatic N) is 1. The summed E-state index contributed by atoms with van der Waals surface area (Å²) in [6.45, 7) is 3.86. The molecule has 2 N–H and O–H groups in total. The summed E-state index contributed by atoms with van der Waals surface area (Å²) in [7, 11) is 1.05. The third-order valence-electron chi connectivity index (χ3n) is 3.02. The molecule has 23 heavy (non-hydrogen) atoms. The molecule has 0 spiro atoms. The van der Waals surface area contributed by atoms with Crippen molar-refractivity contribution in [3.05, 3.63) is 24.3 Å². The fraction of sp³-hybridized carbons (Fsp3) is 0.533. The van der Waals surface area contributed by atoms with Crippen LogP contribution in [0.1, 0.15) is 20.3 Å². The third kappa shape index (κ3) is 6.17. The first kappa shape index (κ1) is 19.4. The molecular weight excluding hydrogens is 318 g/mol. The Balaban J connectivity index is 2.97. The number of hydrogen-bond donors (Lipinski definition) is 2. The van der Waals surface area contributed by atoms with Gasteiger partial charge in [0.15, 0.2) is 0 Å². The lowest BCUT2D eigenvalue weighted by atomic mass is 10.0. The number of methoxy groups -OCH3 is 1. The van der Waals surface area contributed by atoms with Gasteiger partial charge >= 0.3 is 0 Å². The summed E-state index contributed by atoms with van der Waals surface area (Å²) in [5, 5.41) is 1.48. The van der Waals surface area contributed by atoms with Crippen molar-refractivity contribution in [2.24, 2.45) is 5.92 Å². The minimum absolute atomic E-state index is 0.0877. The Kier molecular flexibility index (Phi) is 6.99. The number of rotatable bonds is 8. The van der Waals surface area contributed by atoms with Gasteiger partial charge in [-0.15, -0.1) is 0 Å². The first-order valence-corrected chi connectivity index (χ1v) is 8.78. The molecule has 0 heterocycles. The average Bonchev–Trinajstić information content (AvgIpc) is 2.45. The van der Waals surface area contributed by atoms with E-state index in [0.29, 0.717) is 12.2 Å². The number of ether oxygens (including phenoxy) is 1. The topological polar surface area (TPSA) is 87.7 Å². The second kappa shape index (κ2) is 8.28. The Bertz CT molecular complexity index is 612. The average molecular weight is 343 g/mol. The first-order valence-electron chi connectivity index (χ1n) is 7.30. The Morgan fingerprint density at radius 2 is 1.78 bits per heavy atom. The zero-order valence-corrected chi connectivity index (χ0v) is 15.0. The van der Waals surface area contributed by atoms with Crippen LogP contribution >= 0.6 is 0 Å². The van der Waals surface area contributed by atoms with Crippen molar-refractivity contribution < 1.29 is 17.9 Å². The molecule has 0 bridgehead atoms. The number of sulfonamides is 1. The van der Waals surface area contributed by atoms with E-state index in [1.807, 2.05) is 13.8 Å². The molecule has 0 aliphatic carbocycles. The van der Waals surface area contributed by atoms with E-state index < -0.39 is 16.1 Å². The second-order valence-corrected chi connectivity index (χ2v) is 7.56. The summed E-state index contributed by atoms with van der Waals surface area (Å²) in [6.07, 6.45) is 0.398. The maximum absolute atomic E-state index is 12.5. The molecule has 0 aromatic heterocycles. The lowest BCUT2D eigenvalue weighted by Gasteiger charge is -2.22. The Hall–Kier alpha value is -1.64. The highest BCUT2D eigenvalue weighted by Crippen LogP contribution is 2.16. The molecule has 0 fully saturated rings. The molecule has 0 aliphatic heterocycles. The quantitative estimate of drug-likeness (QED) is 0.687. The zero-order valence-electron chi connectivity index (χ0n) is 14.2. The number of nitrogens with one attached hydrogen (secondary N) is 2.